The first-order chi connectivity index (χ1) is 9.84. The van der Waals surface area contributed by atoms with Gasteiger partial charge in [-0.05, 0) is 18.9 Å². The molecule has 0 atom stereocenters. The molecule has 112 valence electrons. The highest BCUT2D eigenvalue weighted by atomic mass is 19.4. The highest BCUT2D eigenvalue weighted by Crippen LogP contribution is 2.40. The van der Waals surface area contributed by atoms with E-state index in [0.29, 0.717) is 0 Å². The summed E-state index contributed by atoms with van der Waals surface area (Å²) in [5, 5.41) is 11.2. The van der Waals surface area contributed by atoms with Gasteiger partial charge in [-0.3, -0.25) is 4.79 Å². The number of rotatable bonds is 3. The number of aryl methyl sites for hydroxylation is 1. The molecule has 9 heteroatoms. The van der Waals surface area contributed by atoms with Crippen LogP contribution in [0.25, 0.3) is 0 Å². The lowest BCUT2D eigenvalue weighted by Crippen LogP contribution is -2.31. The second-order valence-electron chi connectivity index (χ2n) is 4.93. The summed E-state index contributed by atoms with van der Waals surface area (Å²) in [6.45, 7) is 1.28. The molecule has 0 saturated heterocycles. The molecule has 1 aliphatic carbocycles. The Labute approximate surface area is 116 Å². The minimum atomic E-state index is -4.71. The van der Waals surface area contributed by atoms with Gasteiger partial charge < -0.3 is 4.42 Å². The van der Waals surface area contributed by atoms with Crippen LogP contribution in [0.4, 0.5) is 13.2 Å². The minimum absolute atomic E-state index is 0.0117. The molecule has 1 aliphatic rings. The molecule has 0 aromatic carbocycles. The van der Waals surface area contributed by atoms with E-state index in [4.69, 9.17) is 4.42 Å². The molecule has 0 aliphatic heterocycles. The van der Waals surface area contributed by atoms with Gasteiger partial charge in [0.25, 0.3) is 5.56 Å². The van der Waals surface area contributed by atoms with Gasteiger partial charge in [0.05, 0.1) is 5.69 Å². The van der Waals surface area contributed by atoms with Crippen molar-refractivity contribution in [3.8, 4) is 0 Å². The largest absolute Gasteiger partial charge is 0.424 e. The van der Waals surface area contributed by atoms with Crippen LogP contribution in [0.1, 0.15) is 41.8 Å². The van der Waals surface area contributed by atoms with Crippen molar-refractivity contribution < 1.29 is 17.6 Å². The molecule has 0 bridgehead atoms. The van der Waals surface area contributed by atoms with Crippen molar-refractivity contribution in [1.29, 1.82) is 0 Å². The van der Waals surface area contributed by atoms with E-state index in [-0.39, 0.29) is 29.9 Å². The molecule has 0 amide bonds. The Kier molecular flexibility index (Phi) is 3.07. The average Bonchev–Trinajstić information content (AvgIpc) is 3.15. The van der Waals surface area contributed by atoms with Crippen LogP contribution in [0.5, 0.6) is 0 Å². The highest BCUT2D eigenvalue weighted by Gasteiger charge is 2.37. The van der Waals surface area contributed by atoms with Crippen LogP contribution in [0.3, 0.4) is 0 Å². The first-order valence-corrected chi connectivity index (χ1v) is 6.33. The van der Waals surface area contributed by atoms with Gasteiger partial charge in [-0.1, -0.05) is 0 Å². The molecule has 21 heavy (non-hydrogen) atoms. The topological polar surface area (TPSA) is 73.8 Å². The number of nitrogens with zero attached hydrogens (tertiary/aromatic N) is 4. The first-order valence-electron chi connectivity index (χ1n) is 6.33. The zero-order chi connectivity index (χ0) is 15.2. The zero-order valence-electron chi connectivity index (χ0n) is 11.0. The van der Waals surface area contributed by atoms with Gasteiger partial charge in [-0.15, -0.1) is 10.2 Å². The Morgan fingerprint density at radius 2 is 2.10 bits per heavy atom. The highest BCUT2D eigenvalue weighted by molar-refractivity contribution is 5.22. The lowest BCUT2D eigenvalue weighted by Gasteiger charge is -2.11. The molecule has 0 N–H and O–H groups in total. The Hall–Kier alpha value is -2.19. The molecule has 1 fully saturated rings. The Morgan fingerprint density at radius 1 is 1.38 bits per heavy atom. The van der Waals surface area contributed by atoms with E-state index in [1.807, 2.05) is 0 Å². The van der Waals surface area contributed by atoms with E-state index in [1.165, 1.54) is 0 Å². The van der Waals surface area contributed by atoms with E-state index in [9.17, 15) is 18.0 Å². The number of halogens is 3. The third-order valence-electron chi connectivity index (χ3n) is 3.15. The fraction of sp³-hybridized carbons (Fsp3) is 0.500. The van der Waals surface area contributed by atoms with Gasteiger partial charge >= 0.3 is 6.18 Å². The van der Waals surface area contributed by atoms with Crippen LogP contribution in [-0.4, -0.2) is 20.0 Å². The lowest BCUT2D eigenvalue weighted by molar-refractivity contribution is -0.139. The first kappa shape index (κ1) is 13.8. The predicted molar refractivity (Wildman–Crippen MR) is 63.6 cm³/mol. The Morgan fingerprint density at radius 3 is 2.62 bits per heavy atom. The van der Waals surface area contributed by atoms with Crippen LogP contribution >= 0.6 is 0 Å². The van der Waals surface area contributed by atoms with Gasteiger partial charge in [-0.2, -0.15) is 18.3 Å². The number of hydrogen-bond acceptors (Lipinski definition) is 5. The van der Waals surface area contributed by atoms with Crippen LogP contribution in [0.15, 0.2) is 15.3 Å². The van der Waals surface area contributed by atoms with E-state index in [2.05, 4.69) is 15.3 Å². The van der Waals surface area contributed by atoms with Crippen molar-refractivity contribution in [1.82, 2.24) is 20.0 Å². The monoisotopic (exact) mass is 300 g/mol. The molecule has 3 rings (SSSR count). The van der Waals surface area contributed by atoms with Crippen molar-refractivity contribution in [3.05, 3.63) is 39.5 Å². The van der Waals surface area contributed by atoms with Crippen molar-refractivity contribution in [3.63, 3.8) is 0 Å². The van der Waals surface area contributed by atoms with Crippen LogP contribution < -0.4 is 5.56 Å². The fourth-order valence-electron chi connectivity index (χ4n) is 1.98. The molecular formula is C12H11F3N4O2. The van der Waals surface area contributed by atoms with E-state index in [1.54, 1.807) is 6.92 Å². The van der Waals surface area contributed by atoms with Crippen LogP contribution in [0, 0.1) is 6.92 Å². The molecule has 6 nitrogen and oxygen atoms in total. The van der Waals surface area contributed by atoms with Crippen molar-refractivity contribution >= 4 is 0 Å². The smallest absolute Gasteiger partial charge is 0.421 e. The fourth-order valence-corrected chi connectivity index (χ4v) is 1.98. The van der Waals surface area contributed by atoms with Crippen LogP contribution in [-0.2, 0) is 12.7 Å². The van der Waals surface area contributed by atoms with Gasteiger partial charge in [0.1, 0.15) is 12.1 Å². The molecule has 0 spiro atoms. The summed E-state index contributed by atoms with van der Waals surface area (Å²) in [5.41, 5.74) is -2.14. The number of aromatic nitrogens is 4. The summed E-state index contributed by atoms with van der Waals surface area (Å²) in [7, 11) is 0. The van der Waals surface area contributed by atoms with Gasteiger partial charge in [-0.25, -0.2) is 4.68 Å². The maximum absolute atomic E-state index is 12.9. The van der Waals surface area contributed by atoms with E-state index in [0.717, 1.165) is 23.6 Å². The van der Waals surface area contributed by atoms with Gasteiger partial charge in [0.15, 0.2) is 0 Å². The van der Waals surface area contributed by atoms with E-state index >= 15 is 0 Å². The number of alkyl halides is 3. The average molecular weight is 300 g/mol. The standard InChI is InChI=1S/C12H11F3N4O2/c1-6-16-17-10(21-6)5-19-11(20)8(12(13,14)15)4-9(18-19)7-2-3-7/h4,7H,2-3,5H2,1H3. The Balaban J connectivity index is 2.05. The van der Waals surface area contributed by atoms with Gasteiger partial charge in [0, 0.05) is 12.8 Å². The molecule has 1 saturated carbocycles. The van der Waals surface area contributed by atoms with Crippen LogP contribution in [0.2, 0.25) is 0 Å². The summed E-state index contributed by atoms with van der Waals surface area (Å²) in [4.78, 5) is 11.9. The third-order valence-corrected chi connectivity index (χ3v) is 3.15. The summed E-state index contributed by atoms with van der Waals surface area (Å²) < 4.78 is 44.6. The van der Waals surface area contributed by atoms with Crippen molar-refractivity contribution in [2.75, 3.05) is 0 Å². The molecule has 0 unspecified atom stereocenters. The maximum Gasteiger partial charge on any atom is 0.421 e. The normalized spacial score (nSPS) is 15.4. The third kappa shape index (κ3) is 2.81. The number of hydrogen-bond donors (Lipinski definition) is 0. The molecular weight excluding hydrogens is 289 g/mol. The van der Waals surface area contributed by atoms with Crippen molar-refractivity contribution in [2.45, 2.75) is 38.4 Å². The molecule has 2 aromatic heterocycles. The minimum Gasteiger partial charge on any atom is -0.424 e. The second-order valence-corrected chi connectivity index (χ2v) is 4.93. The molecule has 2 heterocycles. The maximum atomic E-state index is 12.9. The summed E-state index contributed by atoms with van der Waals surface area (Å²) >= 11 is 0. The lowest BCUT2D eigenvalue weighted by atomic mass is 10.2. The Bertz CT molecular complexity index is 731. The van der Waals surface area contributed by atoms with Crippen molar-refractivity contribution in [2.24, 2.45) is 0 Å². The predicted octanol–water partition coefficient (Wildman–Crippen LogP) is 1.88. The summed E-state index contributed by atoms with van der Waals surface area (Å²) in [6, 6.07) is 0.843. The summed E-state index contributed by atoms with van der Waals surface area (Å²) in [5.74, 6) is 0.304. The second kappa shape index (κ2) is 4.68. The molecule has 2 aromatic rings. The summed E-state index contributed by atoms with van der Waals surface area (Å²) in [6.07, 6.45) is -3.15. The molecule has 0 radical (unpaired) electrons. The van der Waals surface area contributed by atoms with E-state index < -0.39 is 17.3 Å². The quantitative estimate of drug-likeness (QED) is 0.865. The zero-order valence-corrected chi connectivity index (χ0v) is 11.0. The van der Waals surface area contributed by atoms with Gasteiger partial charge in [0.2, 0.25) is 11.8 Å². The SMILES string of the molecule is Cc1nnc(Cn2nc(C3CC3)cc(C(F)(F)F)c2=O)o1.